The van der Waals surface area contributed by atoms with E-state index in [2.05, 4.69) is 26.0 Å². The van der Waals surface area contributed by atoms with Crippen molar-refractivity contribution < 1.29 is 0 Å². The molecule has 4 aromatic rings. The van der Waals surface area contributed by atoms with Gasteiger partial charge in [-0.15, -0.1) is 0 Å². The summed E-state index contributed by atoms with van der Waals surface area (Å²) in [5.74, 6) is 0.909. The molecule has 0 saturated carbocycles. The van der Waals surface area contributed by atoms with E-state index in [9.17, 15) is 0 Å². The van der Waals surface area contributed by atoms with Crippen molar-refractivity contribution in [3.63, 3.8) is 0 Å². The van der Waals surface area contributed by atoms with Gasteiger partial charge >= 0.3 is 0 Å². The maximum atomic E-state index is 4.57. The summed E-state index contributed by atoms with van der Waals surface area (Å²) in [6.07, 6.45) is 3.59. The molecule has 3 aromatic heterocycles. The van der Waals surface area contributed by atoms with Crippen molar-refractivity contribution >= 4 is 32.8 Å². The Hall–Kier alpha value is -2.49. The summed E-state index contributed by atoms with van der Waals surface area (Å²) in [4.78, 5) is 16.8. The predicted molar refractivity (Wildman–Crippen MR) is 71.4 cm³/mol. The number of hydrogen-bond donors (Lipinski definition) is 1. The van der Waals surface area contributed by atoms with E-state index in [1.54, 1.807) is 12.4 Å². The summed E-state index contributed by atoms with van der Waals surface area (Å²) >= 11 is 0. The van der Waals surface area contributed by atoms with Gasteiger partial charge < -0.3 is 4.98 Å². The van der Waals surface area contributed by atoms with Crippen LogP contribution in [0.1, 0.15) is 5.82 Å². The van der Waals surface area contributed by atoms with Crippen LogP contribution in [0.3, 0.4) is 0 Å². The first-order valence-corrected chi connectivity index (χ1v) is 5.82. The molecule has 4 heteroatoms. The third-order valence-electron chi connectivity index (χ3n) is 3.19. The second-order valence-corrected chi connectivity index (χ2v) is 4.34. The van der Waals surface area contributed by atoms with E-state index in [-0.39, 0.29) is 0 Å². The Bertz CT molecular complexity index is 819. The van der Waals surface area contributed by atoms with E-state index >= 15 is 0 Å². The molecule has 0 unspecified atom stereocenters. The average molecular weight is 234 g/mol. The second-order valence-electron chi connectivity index (χ2n) is 4.34. The molecule has 0 amide bonds. The van der Waals surface area contributed by atoms with E-state index in [4.69, 9.17) is 0 Å². The Kier molecular flexibility index (Phi) is 1.73. The highest BCUT2D eigenvalue weighted by Gasteiger charge is 2.12. The summed E-state index contributed by atoms with van der Waals surface area (Å²) in [5.41, 5.74) is 3.84. The summed E-state index contributed by atoms with van der Waals surface area (Å²) in [7, 11) is 0. The minimum atomic E-state index is 0.909. The van der Waals surface area contributed by atoms with Crippen LogP contribution in [0.4, 0.5) is 0 Å². The van der Waals surface area contributed by atoms with E-state index in [1.165, 1.54) is 0 Å². The lowest BCUT2D eigenvalue weighted by molar-refractivity contribution is 1.17. The zero-order valence-electron chi connectivity index (χ0n) is 9.81. The molecule has 1 N–H and O–H groups in total. The molecule has 0 saturated heterocycles. The number of nitrogens with one attached hydrogen (secondary N) is 1. The van der Waals surface area contributed by atoms with Crippen LogP contribution in [0.5, 0.6) is 0 Å². The molecular formula is C14H10N4. The smallest absolute Gasteiger partial charge is 0.104 e. The van der Waals surface area contributed by atoms with Crippen molar-refractivity contribution in [2.24, 2.45) is 0 Å². The molecule has 86 valence electrons. The lowest BCUT2D eigenvalue weighted by Crippen LogP contribution is -1.86. The molecule has 4 nitrogen and oxygen atoms in total. The van der Waals surface area contributed by atoms with Crippen LogP contribution in [-0.4, -0.2) is 19.9 Å². The zero-order chi connectivity index (χ0) is 12.1. The van der Waals surface area contributed by atoms with Crippen molar-refractivity contribution in [3.05, 3.63) is 42.5 Å². The minimum Gasteiger partial charge on any atom is -0.342 e. The Morgan fingerprint density at radius 1 is 0.889 bits per heavy atom. The first-order valence-electron chi connectivity index (χ1n) is 5.82. The van der Waals surface area contributed by atoms with Crippen molar-refractivity contribution in [2.45, 2.75) is 6.92 Å². The number of nitrogens with zero attached hydrogens (tertiary/aromatic N) is 3. The van der Waals surface area contributed by atoms with Gasteiger partial charge in [0.15, 0.2) is 0 Å². The van der Waals surface area contributed by atoms with Gasteiger partial charge in [-0.1, -0.05) is 0 Å². The number of fused-ring (bicyclic) bond motifs is 6. The maximum Gasteiger partial charge on any atom is 0.104 e. The molecule has 0 aliphatic rings. The van der Waals surface area contributed by atoms with Crippen molar-refractivity contribution in [1.82, 2.24) is 19.9 Å². The molecule has 18 heavy (non-hydrogen) atoms. The van der Waals surface area contributed by atoms with Crippen LogP contribution in [0.15, 0.2) is 36.7 Å². The minimum absolute atomic E-state index is 0.909. The van der Waals surface area contributed by atoms with Crippen molar-refractivity contribution in [1.29, 1.82) is 0 Å². The monoisotopic (exact) mass is 234 g/mol. The lowest BCUT2D eigenvalue weighted by atomic mass is 10.1. The summed E-state index contributed by atoms with van der Waals surface area (Å²) in [5, 5.41) is 2.11. The molecule has 0 spiro atoms. The van der Waals surface area contributed by atoms with Gasteiger partial charge in [-0.3, -0.25) is 9.97 Å². The highest BCUT2D eigenvalue weighted by atomic mass is 14.9. The molecule has 0 fully saturated rings. The maximum absolute atomic E-state index is 4.57. The molecule has 0 atom stereocenters. The van der Waals surface area contributed by atoms with E-state index in [0.29, 0.717) is 0 Å². The summed E-state index contributed by atoms with van der Waals surface area (Å²) < 4.78 is 0. The van der Waals surface area contributed by atoms with Crippen LogP contribution in [-0.2, 0) is 0 Å². The number of rotatable bonds is 0. The Morgan fingerprint density at radius 3 is 2.33 bits per heavy atom. The quantitative estimate of drug-likeness (QED) is 0.476. The fraction of sp³-hybridized carbons (Fsp3) is 0.0714. The van der Waals surface area contributed by atoms with Crippen molar-refractivity contribution in [2.75, 3.05) is 0 Å². The summed E-state index contributed by atoms with van der Waals surface area (Å²) in [6.45, 7) is 1.96. The summed E-state index contributed by atoms with van der Waals surface area (Å²) in [6, 6.07) is 7.96. The molecule has 4 rings (SSSR count). The molecule has 0 aliphatic heterocycles. The lowest BCUT2D eigenvalue weighted by Gasteiger charge is -2.03. The van der Waals surface area contributed by atoms with Crippen LogP contribution >= 0.6 is 0 Å². The number of H-pyrrole nitrogens is 1. The zero-order valence-corrected chi connectivity index (χ0v) is 9.81. The highest BCUT2D eigenvalue weighted by molar-refractivity contribution is 6.20. The van der Waals surface area contributed by atoms with Gasteiger partial charge in [-0.25, -0.2) is 4.98 Å². The molecule has 0 radical (unpaired) electrons. The number of hydrogen-bond acceptors (Lipinski definition) is 3. The van der Waals surface area contributed by atoms with Gasteiger partial charge in [-0.05, 0) is 31.2 Å². The number of aromatic amines is 1. The van der Waals surface area contributed by atoms with Crippen molar-refractivity contribution in [3.8, 4) is 0 Å². The van der Waals surface area contributed by atoms with Gasteiger partial charge in [0, 0.05) is 23.2 Å². The fourth-order valence-electron chi connectivity index (χ4n) is 2.46. The normalized spacial score (nSPS) is 11.6. The van der Waals surface area contributed by atoms with Crippen LogP contribution in [0.2, 0.25) is 0 Å². The van der Waals surface area contributed by atoms with Gasteiger partial charge in [-0.2, -0.15) is 0 Å². The van der Waals surface area contributed by atoms with E-state index in [0.717, 1.165) is 38.7 Å². The first kappa shape index (κ1) is 9.53. The molecular weight excluding hydrogens is 224 g/mol. The SMILES string of the molecule is Cc1nc2c3cccnc3c3ncccc3c2[nH]1. The van der Waals surface area contributed by atoms with Gasteiger partial charge in [0.25, 0.3) is 0 Å². The third kappa shape index (κ3) is 1.12. The topological polar surface area (TPSA) is 54.5 Å². The standard InChI is InChI=1S/C14H10N4/c1-8-17-13-9-4-2-6-15-11(9)12-10(14(13)18-8)5-3-7-16-12/h2-7H,1H3,(H,17,18). The number of imidazole rings is 1. The van der Waals surface area contributed by atoms with Crippen LogP contribution in [0, 0.1) is 6.92 Å². The molecule has 0 aliphatic carbocycles. The van der Waals surface area contributed by atoms with Gasteiger partial charge in [0.1, 0.15) is 5.82 Å². The Balaban J connectivity index is 2.45. The Labute approximate surface area is 103 Å². The first-order chi connectivity index (χ1) is 8.84. The average Bonchev–Trinajstić information content (AvgIpc) is 2.81. The predicted octanol–water partition coefficient (Wildman–Crippen LogP) is 2.97. The second kappa shape index (κ2) is 3.26. The van der Waals surface area contributed by atoms with Gasteiger partial charge in [0.05, 0.1) is 22.1 Å². The molecule has 3 heterocycles. The number of benzene rings is 1. The third-order valence-corrected chi connectivity index (χ3v) is 3.19. The fourth-order valence-corrected chi connectivity index (χ4v) is 2.46. The van der Waals surface area contributed by atoms with Crippen LogP contribution < -0.4 is 0 Å². The molecule has 0 bridgehead atoms. The van der Waals surface area contributed by atoms with E-state index in [1.807, 2.05) is 25.1 Å². The van der Waals surface area contributed by atoms with E-state index < -0.39 is 0 Å². The Morgan fingerprint density at radius 2 is 1.56 bits per heavy atom. The largest absolute Gasteiger partial charge is 0.342 e. The molecule has 1 aromatic carbocycles. The highest BCUT2D eigenvalue weighted by Crippen LogP contribution is 2.30. The van der Waals surface area contributed by atoms with Crippen LogP contribution in [0.25, 0.3) is 32.8 Å². The van der Waals surface area contributed by atoms with Gasteiger partial charge in [0.2, 0.25) is 0 Å². The number of aryl methyl sites for hydroxylation is 1. The number of aromatic nitrogens is 4. The number of pyridine rings is 2.